The average molecular weight is 642 g/mol. The number of fused-ring (bicyclic) bond motifs is 1. The summed E-state index contributed by atoms with van der Waals surface area (Å²) in [6, 6.07) is 42.9. The van der Waals surface area contributed by atoms with Crippen LogP contribution in [0.5, 0.6) is 11.5 Å². The van der Waals surface area contributed by atoms with Gasteiger partial charge in [-0.05, 0) is 59.5 Å². The zero-order chi connectivity index (χ0) is 32.6. The predicted molar refractivity (Wildman–Crippen MR) is 188 cm³/mol. The Morgan fingerprint density at radius 1 is 0.809 bits per heavy atom. The van der Waals surface area contributed by atoms with Crippen LogP contribution in [0.25, 0.3) is 16.5 Å². The zero-order valence-electron chi connectivity index (χ0n) is 26.2. The fraction of sp³-hybridized carbons (Fsp3) is 0.103. The lowest BCUT2D eigenvalue weighted by Gasteiger charge is -2.14. The first kappa shape index (κ1) is 31.4. The molecule has 0 radical (unpaired) electrons. The average Bonchev–Trinajstić information content (AvgIpc) is 3.46. The van der Waals surface area contributed by atoms with Crippen molar-refractivity contribution in [1.29, 1.82) is 0 Å². The van der Waals surface area contributed by atoms with Gasteiger partial charge < -0.3 is 14.0 Å². The summed E-state index contributed by atoms with van der Waals surface area (Å²) < 4.78 is 40.2. The van der Waals surface area contributed by atoms with E-state index in [1.807, 2.05) is 91.9 Å². The van der Waals surface area contributed by atoms with E-state index in [1.54, 1.807) is 31.4 Å². The first-order valence-electron chi connectivity index (χ1n) is 15.2. The van der Waals surface area contributed by atoms with E-state index in [0.717, 1.165) is 38.7 Å². The molecule has 0 unspecified atom stereocenters. The highest BCUT2D eigenvalue weighted by atomic mass is 32.2. The van der Waals surface area contributed by atoms with Gasteiger partial charge >= 0.3 is 0 Å². The number of hydrogen-bond acceptors (Lipinski definition) is 5. The number of aryl methyl sites for hydroxylation is 1. The Labute approximate surface area is 275 Å². The van der Waals surface area contributed by atoms with Crippen molar-refractivity contribution in [2.24, 2.45) is 5.10 Å². The summed E-state index contributed by atoms with van der Waals surface area (Å²) in [5.41, 5.74) is 6.81. The van der Waals surface area contributed by atoms with Crippen molar-refractivity contribution >= 4 is 32.7 Å². The van der Waals surface area contributed by atoms with Crippen LogP contribution in [-0.4, -0.2) is 26.3 Å². The van der Waals surface area contributed by atoms with Gasteiger partial charge in [-0.2, -0.15) is 13.5 Å². The number of aromatic nitrogens is 1. The van der Waals surface area contributed by atoms with Crippen molar-refractivity contribution in [2.45, 2.75) is 25.0 Å². The molecule has 0 saturated carbocycles. The van der Waals surface area contributed by atoms with Gasteiger partial charge in [0.05, 0.1) is 29.4 Å². The molecule has 0 amide bonds. The third kappa shape index (κ3) is 7.29. The minimum atomic E-state index is -3.86. The van der Waals surface area contributed by atoms with Gasteiger partial charge in [-0.25, -0.2) is 4.83 Å². The van der Waals surface area contributed by atoms with E-state index in [0.29, 0.717) is 30.3 Å². The molecule has 236 valence electrons. The maximum absolute atomic E-state index is 13.0. The van der Waals surface area contributed by atoms with Crippen LogP contribution in [0.1, 0.15) is 27.9 Å². The van der Waals surface area contributed by atoms with Crippen molar-refractivity contribution in [3.05, 3.63) is 167 Å². The molecular formula is C39H35N3O4S. The lowest BCUT2D eigenvalue weighted by atomic mass is 9.97. The van der Waals surface area contributed by atoms with E-state index in [1.165, 1.54) is 6.21 Å². The Hall–Kier alpha value is -5.60. The highest BCUT2D eigenvalue weighted by Crippen LogP contribution is 2.38. The monoisotopic (exact) mass is 641 g/mol. The number of nitrogens with one attached hydrogen (secondary N) is 1. The summed E-state index contributed by atoms with van der Waals surface area (Å²) in [5.74, 6) is 1.19. The molecule has 0 bridgehead atoms. The van der Waals surface area contributed by atoms with Gasteiger partial charge in [-0.3, -0.25) is 0 Å². The standard InChI is InChI=1S/C39H35N3O4S/c1-29-18-20-34(21-19-29)47(43,44)41-40-27-33-26-36-37(22-23-38(45-2)39(36)46-28-30-12-6-3-7-13-30)42(33)25-24-35(31-14-8-4-9-15-31)32-16-10-5-11-17-32/h3-24,26-27,41H,25,28H2,1-2H3/b40-27+. The molecule has 5 aromatic carbocycles. The molecule has 0 aliphatic rings. The second kappa shape index (κ2) is 14.2. The summed E-state index contributed by atoms with van der Waals surface area (Å²) >= 11 is 0. The van der Waals surface area contributed by atoms with Crippen LogP contribution in [0.3, 0.4) is 0 Å². The molecule has 1 aromatic heterocycles. The molecule has 0 fully saturated rings. The van der Waals surface area contributed by atoms with Crippen LogP contribution in [-0.2, 0) is 23.2 Å². The van der Waals surface area contributed by atoms with Crippen LogP contribution < -0.4 is 14.3 Å². The Morgan fingerprint density at radius 3 is 2.04 bits per heavy atom. The van der Waals surface area contributed by atoms with E-state index in [2.05, 4.69) is 44.8 Å². The highest BCUT2D eigenvalue weighted by Gasteiger charge is 2.18. The van der Waals surface area contributed by atoms with Gasteiger partial charge in [0.15, 0.2) is 11.5 Å². The quantitative estimate of drug-likeness (QED) is 0.109. The molecule has 0 aliphatic carbocycles. The zero-order valence-corrected chi connectivity index (χ0v) is 27.0. The molecular weight excluding hydrogens is 607 g/mol. The second-order valence-electron chi connectivity index (χ2n) is 11.0. The molecule has 47 heavy (non-hydrogen) atoms. The van der Waals surface area contributed by atoms with E-state index in [-0.39, 0.29) is 4.90 Å². The molecule has 1 heterocycles. The van der Waals surface area contributed by atoms with E-state index < -0.39 is 10.0 Å². The van der Waals surface area contributed by atoms with Gasteiger partial charge in [-0.1, -0.05) is 115 Å². The molecule has 7 nitrogen and oxygen atoms in total. The maximum atomic E-state index is 13.0. The number of hydrazone groups is 1. The van der Waals surface area contributed by atoms with Crippen LogP contribution in [0.2, 0.25) is 0 Å². The SMILES string of the molecule is COc1ccc2c(cc(/C=N/NS(=O)(=O)c3ccc(C)cc3)n2CC=C(c2ccccc2)c2ccccc2)c1OCc1ccccc1. The third-order valence-corrected chi connectivity index (χ3v) is 9.06. The lowest BCUT2D eigenvalue weighted by molar-refractivity contribution is 0.288. The maximum Gasteiger partial charge on any atom is 0.276 e. The summed E-state index contributed by atoms with van der Waals surface area (Å²) in [7, 11) is -2.24. The Bertz CT molecular complexity index is 2080. The van der Waals surface area contributed by atoms with Gasteiger partial charge in [0, 0.05) is 11.9 Å². The number of sulfonamides is 1. The van der Waals surface area contributed by atoms with Crippen LogP contribution >= 0.6 is 0 Å². The summed E-state index contributed by atoms with van der Waals surface area (Å²) in [6.45, 7) is 2.73. The van der Waals surface area contributed by atoms with Crippen molar-refractivity contribution in [3.8, 4) is 11.5 Å². The predicted octanol–water partition coefficient (Wildman–Crippen LogP) is 7.98. The number of benzene rings is 5. The largest absolute Gasteiger partial charge is 0.493 e. The van der Waals surface area contributed by atoms with Gasteiger partial charge in [0.2, 0.25) is 0 Å². The number of hydrogen-bond donors (Lipinski definition) is 1. The van der Waals surface area contributed by atoms with Gasteiger partial charge in [-0.15, -0.1) is 0 Å². The number of ether oxygens (including phenoxy) is 2. The highest BCUT2D eigenvalue weighted by molar-refractivity contribution is 7.89. The summed E-state index contributed by atoms with van der Waals surface area (Å²) in [5, 5.41) is 5.02. The lowest BCUT2D eigenvalue weighted by Crippen LogP contribution is -2.18. The molecule has 1 N–H and O–H groups in total. The van der Waals surface area contributed by atoms with E-state index >= 15 is 0 Å². The molecule has 0 aliphatic heterocycles. The number of methoxy groups -OCH3 is 1. The van der Waals surface area contributed by atoms with Gasteiger partial charge in [0.25, 0.3) is 10.0 Å². The molecule has 6 aromatic rings. The van der Waals surface area contributed by atoms with E-state index in [9.17, 15) is 8.42 Å². The fourth-order valence-corrected chi connectivity index (χ4v) is 6.20. The fourth-order valence-electron chi connectivity index (χ4n) is 5.41. The number of rotatable bonds is 12. The third-order valence-electron chi connectivity index (χ3n) is 7.83. The van der Waals surface area contributed by atoms with E-state index in [4.69, 9.17) is 9.47 Å². The first-order valence-corrected chi connectivity index (χ1v) is 16.7. The summed E-state index contributed by atoms with van der Waals surface area (Å²) in [6.07, 6.45) is 3.70. The summed E-state index contributed by atoms with van der Waals surface area (Å²) in [4.78, 5) is 2.51. The Balaban J connectivity index is 1.43. The Kier molecular flexibility index (Phi) is 9.50. The smallest absolute Gasteiger partial charge is 0.276 e. The van der Waals surface area contributed by atoms with Crippen molar-refractivity contribution in [2.75, 3.05) is 7.11 Å². The van der Waals surface area contributed by atoms with Crippen LogP contribution in [0.4, 0.5) is 0 Å². The van der Waals surface area contributed by atoms with Gasteiger partial charge in [0.1, 0.15) is 6.61 Å². The minimum absolute atomic E-state index is 0.139. The second-order valence-corrected chi connectivity index (χ2v) is 12.7. The molecule has 0 saturated heterocycles. The molecule has 0 spiro atoms. The first-order chi connectivity index (χ1) is 22.9. The number of nitrogens with zero attached hydrogens (tertiary/aromatic N) is 2. The molecule has 0 atom stereocenters. The number of allylic oxidation sites excluding steroid dienone is 1. The molecule has 6 rings (SSSR count). The van der Waals surface area contributed by atoms with Crippen molar-refractivity contribution < 1.29 is 17.9 Å². The minimum Gasteiger partial charge on any atom is -0.493 e. The van der Waals surface area contributed by atoms with Crippen molar-refractivity contribution in [1.82, 2.24) is 9.40 Å². The molecule has 8 heteroatoms. The topological polar surface area (TPSA) is 81.9 Å². The normalized spacial score (nSPS) is 11.4. The van der Waals surface area contributed by atoms with Crippen LogP contribution in [0.15, 0.2) is 150 Å². The Morgan fingerprint density at radius 2 is 1.43 bits per heavy atom. The van der Waals surface area contributed by atoms with Crippen LogP contribution in [0, 0.1) is 6.92 Å². The van der Waals surface area contributed by atoms with Crippen molar-refractivity contribution in [3.63, 3.8) is 0 Å².